The van der Waals surface area contributed by atoms with Gasteiger partial charge in [0.1, 0.15) is 13.2 Å². The van der Waals surface area contributed by atoms with Gasteiger partial charge in [0, 0.05) is 6.42 Å². The van der Waals surface area contributed by atoms with E-state index in [0.29, 0.717) is 17.4 Å². The number of nitrogens with zero attached hydrogens (tertiary/aromatic N) is 1. The molecule has 0 aromatic heterocycles. The van der Waals surface area contributed by atoms with Crippen LogP contribution >= 0.6 is 7.82 Å². The monoisotopic (exact) mass is 1210 g/mol. The number of phosphoric ester groups is 1. The first kappa shape index (κ1) is 83.2. The van der Waals surface area contributed by atoms with Crippen LogP contribution < -0.4 is 5.32 Å². The maximum atomic E-state index is 13.1. The molecular weight excluding hydrogens is 1060 g/mol. The van der Waals surface area contributed by atoms with Crippen molar-refractivity contribution in [3.63, 3.8) is 0 Å². The van der Waals surface area contributed by atoms with Crippen LogP contribution in [0.2, 0.25) is 0 Å². The fourth-order valence-corrected chi connectivity index (χ4v) is 12.8. The predicted molar refractivity (Wildman–Crippen MR) is 369 cm³/mol. The van der Waals surface area contributed by atoms with Crippen LogP contribution in [0.5, 0.6) is 0 Å². The Hall–Kier alpha value is -0.760. The number of carbonyl (C=O) groups excluding carboxylic acids is 1. The molecule has 0 aromatic carbocycles. The van der Waals surface area contributed by atoms with Crippen molar-refractivity contribution in [2.45, 2.75) is 424 Å². The van der Waals surface area contributed by atoms with Crippen molar-refractivity contribution >= 4 is 13.7 Å². The van der Waals surface area contributed by atoms with Crippen molar-refractivity contribution in [2.75, 3.05) is 40.9 Å². The molecule has 0 aliphatic heterocycles. The summed E-state index contributed by atoms with van der Waals surface area (Å²) >= 11 is 0. The number of amides is 1. The molecule has 502 valence electrons. The molecule has 9 heteroatoms. The molecule has 0 spiro atoms. The van der Waals surface area contributed by atoms with Gasteiger partial charge in [0.15, 0.2) is 0 Å². The first-order valence-corrected chi connectivity index (χ1v) is 39.6. The second-order valence-electron chi connectivity index (χ2n) is 27.7. The lowest BCUT2D eigenvalue weighted by Gasteiger charge is -2.25. The maximum Gasteiger partial charge on any atom is 0.472 e. The van der Waals surface area contributed by atoms with Crippen LogP contribution in [0, 0.1) is 0 Å². The summed E-state index contributed by atoms with van der Waals surface area (Å²) in [5.41, 5.74) is 0. The van der Waals surface area contributed by atoms with Crippen molar-refractivity contribution in [2.24, 2.45) is 0 Å². The number of carbonyl (C=O) groups is 1. The molecule has 0 heterocycles. The number of unbranched alkanes of at least 4 members (excludes halogenated alkanes) is 59. The summed E-state index contributed by atoms with van der Waals surface area (Å²) in [6, 6.07) is -0.844. The van der Waals surface area contributed by atoms with Gasteiger partial charge in [-0.15, -0.1) is 0 Å². The van der Waals surface area contributed by atoms with E-state index >= 15 is 0 Å². The fraction of sp³-hybridized carbons (Fsp3) is 0.960. The van der Waals surface area contributed by atoms with Crippen molar-refractivity contribution < 1.29 is 32.9 Å². The van der Waals surface area contributed by atoms with Crippen molar-refractivity contribution in [1.29, 1.82) is 0 Å². The van der Waals surface area contributed by atoms with Gasteiger partial charge in [-0.2, -0.15) is 0 Å². The fourth-order valence-electron chi connectivity index (χ4n) is 12.1. The highest BCUT2D eigenvalue weighted by Crippen LogP contribution is 2.43. The molecule has 0 saturated carbocycles. The minimum Gasteiger partial charge on any atom is -0.387 e. The number of aliphatic hydroxyl groups excluding tert-OH is 1. The van der Waals surface area contributed by atoms with Gasteiger partial charge < -0.3 is 19.8 Å². The van der Waals surface area contributed by atoms with E-state index in [4.69, 9.17) is 9.05 Å². The quantitative estimate of drug-likeness (QED) is 0.0243. The van der Waals surface area contributed by atoms with Gasteiger partial charge in [0.2, 0.25) is 5.91 Å². The molecule has 0 aromatic rings. The van der Waals surface area contributed by atoms with Gasteiger partial charge >= 0.3 is 7.82 Å². The van der Waals surface area contributed by atoms with E-state index in [2.05, 4.69) is 19.2 Å². The molecule has 0 fully saturated rings. The van der Waals surface area contributed by atoms with E-state index in [0.717, 1.165) is 32.1 Å². The standard InChI is InChI=1S/C75H151N2O6P/c1-6-8-10-12-14-16-18-20-22-24-26-28-30-32-34-35-36-37-38-39-40-41-42-43-45-47-49-51-53-55-57-59-61-63-65-67-69-75(79)76-73(72-83-84(80,81)82-71-70-77(3,4)5)74(78)68-66-64-62-60-58-56-54-52-50-48-46-44-33-31-29-27-25-23-21-19-17-15-13-11-9-7-2/h66,68,73-74,78H,6-65,67,69-72H2,1-5H3,(H-,76,79,80,81)/p+1/b68-66+. The minimum absolute atomic E-state index is 0.0656. The van der Waals surface area contributed by atoms with E-state index in [9.17, 15) is 19.4 Å². The minimum atomic E-state index is -4.35. The summed E-state index contributed by atoms with van der Waals surface area (Å²) < 4.78 is 23.9. The average molecular weight is 1210 g/mol. The summed E-state index contributed by atoms with van der Waals surface area (Å²) in [7, 11) is 1.60. The van der Waals surface area contributed by atoms with Crippen molar-refractivity contribution in [3.05, 3.63) is 12.2 Å². The van der Waals surface area contributed by atoms with Gasteiger partial charge in [-0.25, -0.2) is 4.57 Å². The highest BCUT2D eigenvalue weighted by molar-refractivity contribution is 7.47. The number of phosphoric acid groups is 1. The first-order valence-electron chi connectivity index (χ1n) is 38.1. The Morgan fingerprint density at radius 3 is 0.881 bits per heavy atom. The van der Waals surface area contributed by atoms with E-state index in [1.54, 1.807) is 6.08 Å². The zero-order valence-corrected chi connectivity index (χ0v) is 58.6. The molecule has 0 radical (unpaired) electrons. The Kier molecular flexibility index (Phi) is 66.1. The van der Waals surface area contributed by atoms with Gasteiger partial charge in [-0.1, -0.05) is 398 Å². The first-order chi connectivity index (χ1) is 41.0. The van der Waals surface area contributed by atoms with E-state index in [-0.39, 0.29) is 19.1 Å². The number of allylic oxidation sites excluding steroid dienone is 1. The number of nitrogens with one attached hydrogen (secondary N) is 1. The molecule has 8 nitrogen and oxygen atoms in total. The average Bonchev–Trinajstić information content (AvgIpc) is 3.56. The van der Waals surface area contributed by atoms with Crippen LogP contribution in [0.3, 0.4) is 0 Å². The number of rotatable bonds is 72. The number of aliphatic hydroxyl groups is 1. The Balaban J connectivity index is 3.94. The molecule has 3 atom stereocenters. The van der Waals surface area contributed by atoms with Crippen LogP contribution in [0.4, 0.5) is 0 Å². The van der Waals surface area contributed by atoms with Gasteiger partial charge in [-0.05, 0) is 19.3 Å². The lowest BCUT2D eigenvalue weighted by atomic mass is 10.0. The van der Waals surface area contributed by atoms with Crippen LogP contribution in [-0.2, 0) is 18.4 Å². The number of hydrogen-bond acceptors (Lipinski definition) is 5. The van der Waals surface area contributed by atoms with E-state index < -0.39 is 20.0 Å². The molecule has 0 saturated heterocycles. The molecule has 0 aliphatic carbocycles. The number of likely N-dealkylation sites (N-methyl/N-ethyl adjacent to an activating group) is 1. The smallest absolute Gasteiger partial charge is 0.387 e. The lowest BCUT2D eigenvalue weighted by Crippen LogP contribution is -2.45. The van der Waals surface area contributed by atoms with Crippen LogP contribution in [0.1, 0.15) is 412 Å². The van der Waals surface area contributed by atoms with Crippen molar-refractivity contribution in [3.8, 4) is 0 Å². The topological polar surface area (TPSA) is 105 Å². The molecule has 3 N–H and O–H groups in total. The van der Waals surface area contributed by atoms with Crippen LogP contribution in [0.15, 0.2) is 12.2 Å². The second kappa shape index (κ2) is 66.7. The van der Waals surface area contributed by atoms with Gasteiger partial charge in [0.25, 0.3) is 0 Å². The van der Waals surface area contributed by atoms with Crippen molar-refractivity contribution in [1.82, 2.24) is 5.32 Å². The summed E-state index contributed by atoms with van der Waals surface area (Å²) in [4.78, 5) is 23.5. The summed E-state index contributed by atoms with van der Waals surface area (Å²) in [6.07, 6.45) is 86.8. The highest BCUT2D eigenvalue weighted by Gasteiger charge is 2.28. The zero-order chi connectivity index (χ0) is 61.2. The molecule has 1 amide bonds. The van der Waals surface area contributed by atoms with E-state index in [1.165, 1.54) is 360 Å². The summed E-state index contributed by atoms with van der Waals surface area (Å²) in [6.45, 7) is 4.90. The summed E-state index contributed by atoms with van der Waals surface area (Å²) in [5.74, 6) is -0.166. The lowest BCUT2D eigenvalue weighted by molar-refractivity contribution is -0.870. The molecule has 84 heavy (non-hydrogen) atoms. The molecule has 0 rings (SSSR count). The number of quaternary nitrogens is 1. The van der Waals surface area contributed by atoms with Gasteiger partial charge in [0.05, 0.1) is 39.9 Å². The molecular formula is C75H152N2O6P+. The maximum absolute atomic E-state index is 13.1. The third-order valence-electron chi connectivity index (χ3n) is 18.0. The highest BCUT2D eigenvalue weighted by atomic mass is 31.2. The zero-order valence-electron chi connectivity index (χ0n) is 57.7. The Bertz CT molecular complexity index is 1370. The number of hydrogen-bond donors (Lipinski definition) is 3. The Morgan fingerprint density at radius 1 is 0.393 bits per heavy atom. The summed E-state index contributed by atoms with van der Waals surface area (Å²) in [5, 5.41) is 14.0. The third kappa shape index (κ3) is 68.7. The predicted octanol–water partition coefficient (Wildman–Crippen LogP) is 24.5. The third-order valence-corrected chi connectivity index (χ3v) is 19.0. The molecule has 3 unspecified atom stereocenters. The largest absolute Gasteiger partial charge is 0.472 e. The Labute approximate surface area is 526 Å². The molecule has 0 bridgehead atoms. The van der Waals surface area contributed by atoms with Gasteiger partial charge in [-0.3, -0.25) is 13.8 Å². The molecule has 0 aliphatic rings. The van der Waals surface area contributed by atoms with Crippen LogP contribution in [0.25, 0.3) is 0 Å². The SMILES string of the molecule is CCCCCCCCCCCCCCCCCCCCCCCCCC/C=C/C(O)C(COP(=O)(O)OCC[N+](C)(C)C)NC(=O)CCCCCCCCCCCCCCCCCCCCCCCCCCCCCCCCCCCCCC. The van der Waals surface area contributed by atoms with Crippen LogP contribution in [-0.4, -0.2) is 73.4 Å². The second-order valence-corrected chi connectivity index (χ2v) is 29.2. The Morgan fingerprint density at radius 2 is 0.631 bits per heavy atom. The normalized spacial score (nSPS) is 13.6. The van der Waals surface area contributed by atoms with E-state index in [1.807, 2.05) is 27.2 Å².